The summed E-state index contributed by atoms with van der Waals surface area (Å²) in [4.78, 5) is 11.8. The Morgan fingerprint density at radius 1 is 1.32 bits per heavy atom. The van der Waals surface area contributed by atoms with Crippen molar-refractivity contribution in [2.75, 3.05) is 5.32 Å². The van der Waals surface area contributed by atoms with Crippen LogP contribution in [0.5, 0.6) is 0 Å². The normalized spacial score (nSPS) is 10.5. The fourth-order valence-corrected chi connectivity index (χ4v) is 2.85. The number of aromatic carboxylic acids is 1. The number of hydrogen-bond acceptors (Lipinski definition) is 3. The largest absolute Gasteiger partial charge is 0.478 e. The van der Waals surface area contributed by atoms with Gasteiger partial charge >= 0.3 is 5.97 Å². The van der Waals surface area contributed by atoms with Gasteiger partial charge < -0.3 is 10.4 Å². The van der Waals surface area contributed by atoms with Crippen molar-refractivity contribution in [1.29, 1.82) is 0 Å². The lowest BCUT2D eigenvalue weighted by Gasteiger charge is -2.09. The third-order valence-corrected chi connectivity index (χ3v) is 4.99. The minimum atomic E-state index is -0.877. The van der Waals surface area contributed by atoms with Gasteiger partial charge in [-0.05, 0) is 43.2 Å². The van der Waals surface area contributed by atoms with E-state index in [0.717, 1.165) is 15.0 Å². The van der Waals surface area contributed by atoms with Gasteiger partial charge in [-0.25, -0.2) is 4.79 Å². The number of carbonyl (C=O) groups is 1. The molecule has 0 amide bonds. The van der Waals surface area contributed by atoms with E-state index in [1.54, 1.807) is 11.4 Å². The third kappa shape index (κ3) is 3.36. The molecule has 0 saturated heterocycles. The Kier molecular flexibility index (Phi) is 4.27. The zero-order valence-electron chi connectivity index (χ0n) is 10.7. The number of halogens is 1. The number of carboxylic acid groups (broad SMARTS) is 1. The van der Waals surface area contributed by atoms with Crippen molar-refractivity contribution in [3.05, 3.63) is 49.6 Å². The molecule has 1 aromatic carbocycles. The van der Waals surface area contributed by atoms with Crippen LogP contribution in [0.25, 0.3) is 0 Å². The molecular formula is C14H14BrNO2S. The summed E-state index contributed by atoms with van der Waals surface area (Å²) in [7, 11) is 0. The average Bonchev–Trinajstić information content (AvgIpc) is 2.82. The first-order valence-electron chi connectivity index (χ1n) is 5.78. The van der Waals surface area contributed by atoms with Gasteiger partial charge in [0.1, 0.15) is 0 Å². The van der Waals surface area contributed by atoms with E-state index >= 15 is 0 Å². The summed E-state index contributed by atoms with van der Waals surface area (Å²) in [5.41, 5.74) is 3.76. The lowest BCUT2D eigenvalue weighted by molar-refractivity contribution is 0.0697. The van der Waals surface area contributed by atoms with E-state index in [0.29, 0.717) is 12.1 Å². The molecule has 0 aliphatic heterocycles. The Labute approximate surface area is 124 Å². The number of hydrogen-bond donors (Lipinski definition) is 2. The van der Waals surface area contributed by atoms with Crippen LogP contribution in [-0.4, -0.2) is 11.1 Å². The molecule has 0 spiro atoms. The first kappa shape index (κ1) is 14.1. The fourth-order valence-electron chi connectivity index (χ4n) is 1.82. The van der Waals surface area contributed by atoms with Gasteiger partial charge in [0, 0.05) is 27.0 Å². The Hall–Kier alpha value is -1.33. The van der Waals surface area contributed by atoms with Gasteiger partial charge in [-0.15, -0.1) is 11.3 Å². The average molecular weight is 340 g/mol. The van der Waals surface area contributed by atoms with Crippen LogP contribution in [0.4, 0.5) is 5.69 Å². The lowest BCUT2D eigenvalue weighted by Crippen LogP contribution is -1.99. The zero-order chi connectivity index (χ0) is 14.0. The van der Waals surface area contributed by atoms with E-state index < -0.39 is 5.97 Å². The lowest BCUT2D eigenvalue weighted by atomic mass is 10.1. The molecule has 0 unspecified atom stereocenters. The van der Waals surface area contributed by atoms with Gasteiger partial charge in [0.15, 0.2) is 0 Å². The molecule has 0 aliphatic rings. The first-order valence-corrected chi connectivity index (χ1v) is 7.46. The van der Waals surface area contributed by atoms with Gasteiger partial charge in [0.25, 0.3) is 0 Å². The van der Waals surface area contributed by atoms with Crippen LogP contribution in [0.1, 0.15) is 26.4 Å². The molecule has 0 radical (unpaired) electrons. The number of anilines is 1. The van der Waals surface area contributed by atoms with Crippen molar-refractivity contribution in [3.63, 3.8) is 0 Å². The maximum Gasteiger partial charge on any atom is 0.336 e. The van der Waals surface area contributed by atoms with Gasteiger partial charge in [-0.1, -0.05) is 15.9 Å². The van der Waals surface area contributed by atoms with Gasteiger partial charge in [0.05, 0.1) is 5.56 Å². The molecule has 1 heterocycles. The Morgan fingerprint density at radius 3 is 2.47 bits per heavy atom. The molecule has 5 heteroatoms. The molecule has 0 bridgehead atoms. The summed E-state index contributed by atoms with van der Waals surface area (Å²) >= 11 is 4.99. The van der Waals surface area contributed by atoms with Crippen molar-refractivity contribution >= 4 is 38.9 Å². The molecule has 0 saturated carbocycles. The number of benzene rings is 1. The van der Waals surface area contributed by atoms with E-state index in [9.17, 15) is 4.79 Å². The fraction of sp³-hybridized carbons (Fsp3) is 0.214. The van der Waals surface area contributed by atoms with Crippen LogP contribution in [0.3, 0.4) is 0 Å². The molecule has 0 aliphatic carbocycles. The van der Waals surface area contributed by atoms with Crippen LogP contribution >= 0.6 is 27.3 Å². The summed E-state index contributed by atoms with van der Waals surface area (Å²) in [5.74, 6) is -0.877. The van der Waals surface area contributed by atoms with Crippen molar-refractivity contribution in [3.8, 4) is 0 Å². The van der Waals surface area contributed by atoms with Crippen molar-refractivity contribution < 1.29 is 9.90 Å². The quantitative estimate of drug-likeness (QED) is 0.865. The maximum atomic E-state index is 10.8. The standard InChI is InChI=1S/C14H14BrNO2S/c1-8-3-11(4-9(2)13(8)15)16-6-12-5-10(7-19-12)14(17)18/h3-5,7,16H,6H2,1-2H3,(H,17,18). The maximum absolute atomic E-state index is 10.8. The van der Waals surface area contributed by atoms with E-state index in [2.05, 4.69) is 47.2 Å². The molecule has 3 nitrogen and oxygen atoms in total. The van der Waals surface area contributed by atoms with Crippen molar-refractivity contribution in [2.24, 2.45) is 0 Å². The molecular weight excluding hydrogens is 326 g/mol. The molecule has 0 atom stereocenters. The number of aryl methyl sites for hydroxylation is 2. The number of rotatable bonds is 4. The zero-order valence-corrected chi connectivity index (χ0v) is 13.1. The highest BCUT2D eigenvalue weighted by atomic mass is 79.9. The Balaban J connectivity index is 2.08. The van der Waals surface area contributed by atoms with E-state index in [1.165, 1.54) is 22.5 Å². The first-order chi connectivity index (χ1) is 8.97. The summed E-state index contributed by atoms with van der Waals surface area (Å²) in [5, 5.41) is 13.9. The van der Waals surface area contributed by atoms with Crippen LogP contribution in [0.2, 0.25) is 0 Å². The predicted octanol–water partition coefficient (Wildman–Crippen LogP) is 4.44. The molecule has 1 aromatic heterocycles. The molecule has 100 valence electrons. The summed E-state index contributed by atoms with van der Waals surface area (Å²) in [6, 6.07) is 5.85. The minimum Gasteiger partial charge on any atom is -0.478 e. The monoisotopic (exact) mass is 339 g/mol. The molecule has 2 aromatic rings. The number of carboxylic acids is 1. The topological polar surface area (TPSA) is 49.3 Å². The predicted molar refractivity (Wildman–Crippen MR) is 82.2 cm³/mol. The number of nitrogens with one attached hydrogen (secondary N) is 1. The Bertz CT molecular complexity index is 599. The second kappa shape index (κ2) is 5.75. The third-order valence-electron chi connectivity index (χ3n) is 2.80. The minimum absolute atomic E-state index is 0.352. The van der Waals surface area contributed by atoms with Gasteiger partial charge in [-0.2, -0.15) is 0 Å². The molecule has 0 fully saturated rings. The van der Waals surface area contributed by atoms with Crippen molar-refractivity contribution in [2.45, 2.75) is 20.4 Å². The molecule has 2 N–H and O–H groups in total. The van der Waals surface area contributed by atoms with Gasteiger partial charge in [-0.3, -0.25) is 0 Å². The van der Waals surface area contributed by atoms with E-state index in [-0.39, 0.29) is 0 Å². The van der Waals surface area contributed by atoms with Crippen molar-refractivity contribution in [1.82, 2.24) is 0 Å². The highest BCUT2D eigenvalue weighted by molar-refractivity contribution is 9.10. The van der Waals surface area contributed by atoms with Crippen LogP contribution in [0, 0.1) is 13.8 Å². The second-order valence-corrected chi connectivity index (χ2v) is 6.17. The summed E-state index contributed by atoms with van der Waals surface area (Å²) < 4.78 is 1.13. The van der Waals surface area contributed by atoms with E-state index in [1.807, 2.05) is 0 Å². The second-order valence-electron chi connectivity index (χ2n) is 4.38. The van der Waals surface area contributed by atoms with Gasteiger partial charge in [0.2, 0.25) is 0 Å². The Morgan fingerprint density at radius 2 is 1.95 bits per heavy atom. The SMILES string of the molecule is Cc1cc(NCc2cc(C(=O)O)cs2)cc(C)c1Br. The van der Waals surface area contributed by atoms with Crippen LogP contribution in [-0.2, 0) is 6.54 Å². The highest BCUT2D eigenvalue weighted by Crippen LogP contribution is 2.25. The smallest absolute Gasteiger partial charge is 0.336 e. The van der Waals surface area contributed by atoms with E-state index in [4.69, 9.17) is 5.11 Å². The van der Waals surface area contributed by atoms with Crippen LogP contribution in [0.15, 0.2) is 28.1 Å². The molecule has 2 rings (SSSR count). The summed E-state index contributed by atoms with van der Waals surface area (Å²) in [6.07, 6.45) is 0. The molecule has 19 heavy (non-hydrogen) atoms. The van der Waals surface area contributed by atoms with Crippen LogP contribution < -0.4 is 5.32 Å². The highest BCUT2D eigenvalue weighted by Gasteiger charge is 2.07. The number of thiophene rings is 1. The summed E-state index contributed by atoms with van der Waals surface area (Å²) in [6.45, 7) is 4.74.